The quantitative estimate of drug-likeness (QED) is 0.510. The second kappa shape index (κ2) is 6.55. The number of ether oxygens (including phenoxy) is 1. The van der Waals surface area contributed by atoms with Crippen LogP contribution < -0.4 is 4.74 Å². The van der Waals surface area contributed by atoms with E-state index in [4.69, 9.17) is 4.74 Å². The highest BCUT2D eigenvalue weighted by molar-refractivity contribution is 5.79. The maximum absolute atomic E-state index is 13.2. The van der Waals surface area contributed by atoms with Gasteiger partial charge in [0.25, 0.3) is 0 Å². The number of aromatic nitrogens is 2. The number of nitrogens with zero attached hydrogens (tertiary/aromatic N) is 1. The lowest BCUT2D eigenvalue weighted by Crippen LogP contribution is -1.98. The molecule has 1 heterocycles. The Morgan fingerprint density at radius 2 is 1.58 bits per heavy atom. The Morgan fingerprint density at radius 1 is 0.885 bits per heavy atom. The SMILES string of the molecule is Fc1cc(OCc2ccc(-c3nc4ccccc4[nH]3)cc2)cc(F)c1F. The monoisotopic (exact) mass is 354 g/mol. The van der Waals surface area contributed by atoms with Crippen LogP contribution in [0.2, 0.25) is 0 Å². The van der Waals surface area contributed by atoms with Crippen LogP contribution in [-0.4, -0.2) is 9.97 Å². The lowest BCUT2D eigenvalue weighted by Gasteiger charge is -2.08. The maximum atomic E-state index is 13.2. The summed E-state index contributed by atoms with van der Waals surface area (Å²) in [5, 5.41) is 0. The number of imidazole rings is 1. The summed E-state index contributed by atoms with van der Waals surface area (Å²) in [4.78, 5) is 7.77. The lowest BCUT2D eigenvalue weighted by molar-refractivity contribution is 0.299. The van der Waals surface area contributed by atoms with Crippen LogP contribution in [0.1, 0.15) is 5.56 Å². The Balaban J connectivity index is 1.49. The van der Waals surface area contributed by atoms with Crippen molar-refractivity contribution in [3.8, 4) is 17.1 Å². The molecule has 130 valence electrons. The van der Waals surface area contributed by atoms with Crippen molar-refractivity contribution in [1.82, 2.24) is 9.97 Å². The second-order valence-electron chi connectivity index (χ2n) is 5.79. The molecule has 6 heteroatoms. The first kappa shape index (κ1) is 16.2. The Kier molecular flexibility index (Phi) is 4.08. The average Bonchev–Trinajstić information content (AvgIpc) is 3.09. The molecule has 0 amide bonds. The smallest absolute Gasteiger partial charge is 0.194 e. The van der Waals surface area contributed by atoms with Crippen LogP contribution in [-0.2, 0) is 6.61 Å². The van der Waals surface area contributed by atoms with Gasteiger partial charge in [-0.3, -0.25) is 0 Å². The zero-order valence-electron chi connectivity index (χ0n) is 13.5. The fraction of sp³-hybridized carbons (Fsp3) is 0.0500. The predicted octanol–water partition coefficient (Wildman–Crippen LogP) is 5.23. The molecule has 4 aromatic rings. The van der Waals surface area contributed by atoms with E-state index in [0.29, 0.717) is 0 Å². The van der Waals surface area contributed by atoms with Crippen LogP contribution in [0.15, 0.2) is 60.7 Å². The molecule has 4 rings (SSSR count). The van der Waals surface area contributed by atoms with Crippen molar-refractivity contribution in [1.29, 1.82) is 0 Å². The van der Waals surface area contributed by atoms with E-state index in [9.17, 15) is 13.2 Å². The van der Waals surface area contributed by atoms with Gasteiger partial charge in [-0.05, 0) is 17.7 Å². The minimum Gasteiger partial charge on any atom is -0.489 e. The van der Waals surface area contributed by atoms with Gasteiger partial charge in [0.1, 0.15) is 18.2 Å². The summed E-state index contributed by atoms with van der Waals surface area (Å²) < 4.78 is 44.7. The zero-order chi connectivity index (χ0) is 18.1. The summed E-state index contributed by atoms with van der Waals surface area (Å²) in [6, 6.07) is 16.8. The van der Waals surface area contributed by atoms with Gasteiger partial charge in [0.2, 0.25) is 0 Å². The predicted molar refractivity (Wildman–Crippen MR) is 92.2 cm³/mol. The summed E-state index contributed by atoms with van der Waals surface area (Å²) in [5.74, 6) is -3.38. The molecule has 0 unspecified atom stereocenters. The van der Waals surface area contributed by atoms with Gasteiger partial charge in [-0.15, -0.1) is 0 Å². The molecule has 1 aromatic heterocycles. The fourth-order valence-electron chi connectivity index (χ4n) is 2.63. The number of H-pyrrole nitrogens is 1. The van der Waals surface area contributed by atoms with E-state index in [1.165, 1.54) is 0 Å². The van der Waals surface area contributed by atoms with E-state index in [1.54, 1.807) is 0 Å². The van der Waals surface area contributed by atoms with Crippen LogP contribution in [0.4, 0.5) is 13.2 Å². The minimum absolute atomic E-state index is 0.0669. The standard InChI is InChI=1S/C20H13F3N2O/c21-15-9-14(10-16(22)19(15)23)26-11-12-5-7-13(8-6-12)20-24-17-3-1-2-4-18(17)25-20/h1-10H,11H2,(H,24,25). The summed E-state index contributed by atoms with van der Waals surface area (Å²) >= 11 is 0. The number of benzene rings is 3. The first-order valence-corrected chi connectivity index (χ1v) is 7.91. The molecule has 0 saturated carbocycles. The van der Waals surface area contributed by atoms with Gasteiger partial charge in [-0.25, -0.2) is 18.2 Å². The topological polar surface area (TPSA) is 37.9 Å². The van der Waals surface area contributed by atoms with Crippen molar-refractivity contribution < 1.29 is 17.9 Å². The maximum Gasteiger partial charge on any atom is 0.194 e. The third-order valence-electron chi connectivity index (χ3n) is 3.98. The molecule has 0 radical (unpaired) electrons. The molecular formula is C20H13F3N2O. The first-order chi connectivity index (χ1) is 12.6. The Bertz CT molecular complexity index is 1020. The molecule has 3 nitrogen and oxygen atoms in total. The normalized spacial score (nSPS) is 11.0. The highest BCUT2D eigenvalue weighted by Crippen LogP contribution is 2.23. The highest BCUT2D eigenvalue weighted by atomic mass is 19.2. The number of rotatable bonds is 4. The van der Waals surface area contributed by atoms with Gasteiger partial charge in [0, 0.05) is 17.7 Å². The van der Waals surface area contributed by atoms with E-state index in [-0.39, 0.29) is 12.4 Å². The van der Waals surface area contributed by atoms with Gasteiger partial charge in [-0.1, -0.05) is 36.4 Å². The molecule has 1 N–H and O–H groups in total. The highest BCUT2D eigenvalue weighted by Gasteiger charge is 2.11. The van der Waals surface area contributed by atoms with Crippen LogP contribution in [0.3, 0.4) is 0 Å². The molecule has 0 bridgehead atoms. The number of para-hydroxylation sites is 2. The van der Waals surface area contributed by atoms with Crippen molar-refractivity contribution in [2.75, 3.05) is 0 Å². The molecule has 3 aromatic carbocycles. The van der Waals surface area contributed by atoms with E-state index >= 15 is 0 Å². The van der Waals surface area contributed by atoms with E-state index < -0.39 is 17.5 Å². The third-order valence-corrected chi connectivity index (χ3v) is 3.98. The van der Waals surface area contributed by atoms with E-state index in [0.717, 1.165) is 40.1 Å². The van der Waals surface area contributed by atoms with Crippen molar-refractivity contribution in [2.24, 2.45) is 0 Å². The molecule has 0 atom stereocenters. The van der Waals surface area contributed by atoms with Gasteiger partial charge < -0.3 is 9.72 Å². The van der Waals surface area contributed by atoms with Crippen LogP contribution in [0, 0.1) is 17.5 Å². The van der Waals surface area contributed by atoms with Crippen molar-refractivity contribution in [3.63, 3.8) is 0 Å². The van der Waals surface area contributed by atoms with Crippen LogP contribution >= 0.6 is 0 Å². The van der Waals surface area contributed by atoms with Gasteiger partial charge >= 0.3 is 0 Å². The summed E-state index contributed by atoms with van der Waals surface area (Å²) in [5.41, 5.74) is 3.55. The Labute approximate surface area is 147 Å². The number of hydrogen-bond donors (Lipinski definition) is 1. The lowest BCUT2D eigenvalue weighted by atomic mass is 10.1. The van der Waals surface area contributed by atoms with Gasteiger partial charge in [-0.2, -0.15) is 0 Å². The minimum atomic E-state index is -1.51. The molecule has 0 saturated heterocycles. The number of aromatic amines is 1. The number of fused-ring (bicyclic) bond motifs is 1. The van der Waals surface area contributed by atoms with Gasteiger partial charge in [0.05, 0.1) is 11.0 Å². The molecule has 0 spiro atoms. The second-order valence-corrected chi connectivity index (χ2v) is 5.79. The number of hydrogen-bond acceptors (Lipinski definition) is 2. The summed E-state index contributed by atoms with van der Waals surface area (Å²) in [6.07, 6.45) is 0. The molecule has 0 aliphatic heterocycles. The van der Waals surface area contributed by atoms with Crippen molar-refractivity contribution >= 4 is 11.0 Å². The van der Waals surface area contributed by atoms with Crippen molar-refractivity contribution in [3.05, 3.63) is 83.7 Å². The molecule has 0 aliphatic carbocycles. The zero-order valence-corrected chi connectivity index (χ0v) is 13.5. The Hall–Kier alpha value is -3.28. The molecule has 0 aliphatic rings. The third kappa shape index (κ3) is 3.13. The summed E-state index contributed by atoms with van der Waals surface area (Å²) in [6.45, 7) is 0.102. The van der Waals surface area contributed by atoms with E-state index in [2.05, 4.69) is 9.97 Å². The largest absolute Gasteiger partial charge is 0.489 e. The fourth-order valence-corrected chi connectivity index (χ4v) is 2.63. The van der Waals surface area contributed by atoms with Gasteiger partial charge in [0.15, 0.2) is 17.5 Å². The Morgan fingerprint density at radius 3 is 2.27 bits per heavy atom. The number of halogens is 3. The number of nitrogens with one attached hydrogen (secondary N) is 1. The van der Waals surface area contributed by atoms with Crippen molar-refractivity contribution in [2.45, 2.75) is 6.61 Å². The van der Waals surface area contributed by atoms with Crippen LogP contribution in [0.5, 0.6) is 5.75 Å². The first-order valence-electron chi connectivity index (χ1n) is 7.91. The summed E-state index contributed by atoms with van der Waals surface area (Å²) in [7, 11) is 0. The van der Waals surface area contributed by atoms with Crippen LogP contribution in [0.25, 0.3) is 22.4 Å². The van der Waals surface area contributed by atoms with E-state index in [1.807, 2.05) is 48.5 Å². The molecule has 0 fully saturated rings. The molecular weight excluding hydrogens is 341 g/mol. The molecule has 26 heavy (non-hydrogen) atoms. The average molecular weight is 354 g/mol.